The number of rotatable bonds is 3. The van der Waals surface area contributed by atoms with Crippen molar-refractivity contribution in [2.75, 3.05) is 19.6 Å². The summed E-state index contributed by atoms with van der Waals surface area (Å²) in [4.78, 5) is 2.46. The second-order valence-corrected chi connectivity index (χ2v) is 7.60. The molecule has 4 nitrogen and oxygen atoms in total. The lowest BCUT2D eigenvalue weighted by molar-refractivity contribution is 0.265. The van der Waals surface area contributed by atoms with Crippen LogP contribution in [0.2, 0.25) is 5.02 Å². The van der Waals surface area contributed by atoms with Crippen molar-refractivity contribution in [3.63, 3.8) is 0 Å². The smallest absolute Gasteiger partial charge is 0.176 e. The number of fused-ring (bicyclic) bond motifs is 1. The van der Waals surface area contributed by atoms with Gasteiger partial charge in [-0.05, 0) is 60.1 Å². The molecular formula is C20H23BrClNO3. The average molecular weight is 441 g/mol. The Morgan fingerprint density at radius 2 is 1.77 bits per heavy atom. The number of aromatic hydroxyl groups is 3. The Morgan fingerprint density at radius 3 is 2.42 bits per heavy atom. The number of nitrogens with zero attached hydrogens (tertiary/aromatic N) is 1. The number of phenolic OH excluding ortho intramolecular Hbond substituents is 3. The molecule has 1 fully saturated rings. The third kappa shape index (κ3) is 3.80. The van der Waals surface area contributed by atoms with Crippen molar-refractivity contribution in [2.45, 2.75) is 25.2 Å². The topological polar surface area (TPSA) is 63.9 Å². The molecule has 0 amide bonds. The van der Waals surface area contributed by atoms with Gasteiger partial charge in [-0.2, -0.15) is 0 Å². The van der Waals surface area contributed by atoms with Crippen LogP contribution < -0.4 is 0 Å². The number of halogens is 2. The van der Waals surface area contributed by atoms with Gasteiger partial charge in [0.05, 0.1) is 5.02 Å². The highest BCUT2D eigenvalue weighted by atomic mass is 79.9. The van der Waals surface area contributed by atoms with Gasteiger partial charge in [-0.1, -0.05) is 23.7 Å². The molecule has 1 aliphatic heterocycles. The van der Waals surface area contributed by atoms with Gasteiger partial charge in [-0.3, -0.25) is 0 Å². The minimum atomic E-state index is -0.236. The normalized spacial score (nSPS) is 20.1. The molecule has 0 radical (unpaired) electrons. The molecule has 2 aromatic rings. The van der Waals surface area contributed by atoms with Gasteiger partial charge in [-0.15, -0.1) is 17.0 Å². The van der Waals surface area contributed by atoms with Gasteiger partial charge in [0.2, 0.25) is 0 Å². The lowest BCUT2D eigenvalue weighted by atomic mass is 9.87. The summed E-state index contributed by atoms with van der Waals surface area (Å²) in [6.07, 6.45) is 3.36. The zero-order valence-corrected chi connectivity index (χ0v) is 16.8. The third-order valence-electron chi connectivity index (χ3n) is 5.36. The van der Waals surface area contributed by atoms with Crippen LogP contribution in [0.5, 0.6) is 17.2 Å². The Balaban J connectivity index is 0.00000196. The molecule has 1 saturated carbocycles. The Labute approximate surface area is 168 Å². The van der Waals surface area contributed by atoms with Crippen LogP contribution in [-0.4, -0.2) is 39.9 Å². The van der Waals surface area contributed by atoms with E-state index in [1.54, 1.807) is 18.2 Å². The molecule has 4 rings (SSSR count). The second kappa shape index (κ2) is 7.67. The Morgan fingerprint density at radius 1 is 1.08 bits per heavy atom. The Kier molecular flexibility index (Phi) is 5.70. The van der Waals surface area contributed by atoms with E-state index in [2.05, 4.69) is 4.90 Å². The summed E-state index contributed by atoms with van der Waals surface area (Å²) in [7, 11) is 0. The van der Waals surface area contributed by atoms with Gasteiger partial charge in [-0.25, -0.2) is 0 Å². The number of phenols is 3. The van der Waals surface area contributed by atoms with Gasteiger partial charge in [0.25, 0.3) is 0 Å². The summed E-state index contributed by atoms with van der Waals surface area (Å²) in [5.41, 5.74) is 2.94. The summed E-state index contributed by atoms with van der Waals surface area (Å²) in [5, 5.41) is 30.0. The zero-order valence-electron chi connectivity index (χ0n) is 14.4. The van der Waals surface area contributed by atoms with Gasteiger partial charge in [0.1, 0.15) is 5.75 Å². The summed E-state index contributed by atoms with van der Waals surface area (Å²) in [5.74, 6) is 0.655. The highest BCUT2D eigenvalue weighted by molar-refractivity contribution is 8.93. The van der Waals surface area contributed by atoms with Crippen molar-refractivity contribution in [1.82, 2.24) is 4.90 Å². The number of hydrogen-bond donors (Lipinski definition) is 3. The van der Waals surface area contributed by atoms with Crippen LogP contribution in [0.15, 0.2) is 30.3 Å². The highest BCUT2D eigenvalue weighted by Gasteiger charge is 2.31. The molecule has 140 valence electrons. The molecule has 1 heterocycles. The fourth-order valence-electron chi connectivity index (χ4n) is 3.79. The van der Waals surface area contributed by atoms with Crippen molar-refractivity contribution in [2.24, 2.45) is 5.92 Å². The van der Waals surface area contributed by atoms with Crippen LogP contribution >= 0.6 is 28.6 Å². The molecule has 0 bridgehead atoms. The predicted molar refractivity (Wildman–Crippen MR) is 108 cm³/mol. The third-order valence-corrected chi connectivity index (χ3v) is 5.77. The van der Waals surface area contributed by atoms with Gasteiger partial charge < -0.3 is 20.2 Å². The first-order valence-corrected chi connectivity index (χ1v) is 9.15. The molecule has 1 unspecified atom stereocenters. The molecule has 6 heteroatoms. The predicted octanol–water partition coefficient (Wildman–Crippen LogP) is 4.43. The maximum absolute atomic E-state index is 10.1. The van der Waals surface area contributed by atoms with Crippen LogP contribution in [-0.2, 0) is 6.42 Å². The second-order valence-electron chi connectivity index (χ2n) is 7.22. The standard InChI is InChI=1S/C20H22ClNO3.BrH/c21-19-15-7-8-22(10-12-1-2-12)11-17(13-3-5-14(23)6-4-13)16(15)9-18(24)20(19)25;/h3-6,9,12,17,23-25H,1-2,7-8,10-11H2;1H. The van der Waals surface area contributed by atoms with Crippen LogP contribution in [0.25, 0.3) is 0 Å². The van der Waals surface area contributed by atoms with Gasteiger partial charge >= 0.3 is 0 Å². The van der Waals surface area contributed by atoms with E-state index in [9.17, 15) is 15.3 Å². The van der Waals surface area contributed by atoms with E-state index < -0.39 is 0 Å². The molecule has 2 aromatic carbocycles. The Hall–Kier alpha value is -1.43. The van der Waals surface area contributed by atoms with Crippen LogP contribution in [0, 0.1) is 5.92 Å². The Bertz CT molecular complexity index is 793. The van der Waals surface area contributed by atoms with Crippen molar-refractivity contribution < 1.29 is 15.3 Å². The summed E-state index contributed by atoms with van der Waals surface area (Å²) < 4.78 is 0. The van der Waals surface area contributed by atoms with Crippen molar-refractivity contribution >= 4 is 28.6 Å². The first-order valence-electron chi connectivity index (χ1n) is 8.77. The maximum Gasteiger partial charge on any atom is 0.176 e. The first-order chi connectivity index (χ1) is 12.0. The fourth-order valence-corrected chi connectivity index (χ4v) is 4.09. The minimum absolute atomic E-state index is 0. The molecule has 0 spiro atoms. The molecule has 2 aliphatic rings. The monoisotopic (exact) mass is 439 g/mol. The zero-order chi connectivity index (χ0) is 17.6. The quantitative estimate of drug-likeness (QED) is 0.618. The van der Waals surface area contributed by atoms with E-state index in [-0.39, 0.29) is 45.2 Å². The van der Waals surface area contributed by atoms with E-state index in [1.165, 1.54) is 12.8 Å². The van der Waals surface area contributed by atoms with E-state index in [0.717, 1.165) is 48.7 Å². The minimum Gasteiger partial charge on any atom is -0.508 e. The van der Waals surface area contributed by atoms with Crippen LogP contribution in [0.4, 0.5) is 0 Å². The van der Waals surface area contributed by atoms with E-state index in [1.807, 2.05) is 12.1 Å². The molecule has 1 aliphatic carbocycles. The van der Waals surface area contributed by atoms with Crippen molar-refractivity contribution in [3.05, 3.63) is 52.0 Å². The van der Waals surface area contributed by atoms with E-state index in [0.29, 0.717) is 0 Å². The number of hydrogen-bond acceptors (Lipinski definition) is 4. The SMILES string of the molecule is Br.Oc1ccc(C2CN(CC3CC3)CCc3c2cc(O)c(O)c3Cl)cc1. The lowest BCUT2D eigenvalue weighted by Crippen LogP contribution is -2.30. The largest absolute Gasteiger partial charge is 0.508 e. The first kappa shape index (κ1) is 19.3. The lowest BCUT2D eigenvalue weighted by Gasteiger charge is -2.25. The summed E-state index contributed by atoms with van der Waals surface area (Å²) in [6.45, 7) is 2.81. The maximum atomic E-state index is 10.1. The van der Waals surface area contributed by atoms with Crippen LogP contribution in [0.1, 0.15) is 35.4 Å². The van der Waals surface area contributed by atoms with Gasteiger partial charge in [0, 0.05) is 25.6 Å². The molecule has 26 heavy (non-hydrogen) atoms. The van der Waals surface area contributed by atoms with Crippen LogP contribution in [0.3, 0.4) is 0 Å². The highest BCUT2D eigenvalue weighted by Crippen LogP contribution is 2.44. The van der Waals surface area contributed by atoms with Crippen molar-refractivity contribution in [1.29, 1.82) is 0 Å². The molecule has 0 aromatic heterocycles. The molecule has 1 atom stereocenters. The molecule has 3 N–H and O–H groups in total. The fraction of sp³-hybridized carbons (Fsp3) is 0.400. The van der Waals surface area contributed by atoms with Crippen molar-refractivity contribution in [3.8, 4) is 17.2 Å². The van der Waals surface area contributed by atoms with Gasteiger partial charge in [0.15, 0.2) is 11.5 Å². The molecule has 0 saturated heterocycles. The van der Waals surface area contributed by atoms with E-state index in [4.69, 9.17) is 11.6 Å². The molecular weight excluding hydrogens is 418 g/mol. The summed E-state index contributed by atoms with van der Waals surface area (Å²) >= 11 is 6.36. The number of benzene rings is 2. The average Bonchev–Trinajstić information content (AvgIpc) is 3.42. The summed E-state index contributed by atoms with van der Waals surface area (Å²) in [6, 6.07) is 8.86. The van der Waals surface area contributed by atoms with E-state index >= 15 is 0 Å².